The number of carbonyl (C=O) groups excluding carboxylic acids is 1. The van der Waals surface area contributed by atoms with Gasteiger partial charge in [0, 0.05) is 6.07 Å². The third-order valence-corrected chi connectivity index (χ3v) is 3.63. The van der Waals surface area contributed by atoms with Crippen molar-refractivity contribution in [1.29, 1.82) is 0 Å². The van der Waals surface area contributed by atoms with Gasteiger partial charge in [-0.25, -0.2) is 14.6 Å². The fraction of sp³-hybridized carbons (Fsp3) is 0.176. The molecule has 24 heavy (non-hydrogen) atoms. The Morgan fingerprint density at radius 1 is 1.25 bits per heavy atom. The maximum absolute atomic E-state index is 11.6. The Hall–Kier alpha value is -3.22. The van der Waals surface area contributed by atoms with Crippen LogP contribution in [0.15, 0.2) is 42.9 Å². The van der Waals surface area contributed by atoms with E-state index in [1.165, 1.54) is 13.3 Å². The topological polar surface area (TPSA) is 81.9 Å². The number of Topliss-reactive ketones (excluding diaryl/α,β-unsaturated/α-hetero) is 1. The number of ketones is 1. The minimum Gasteiger partial charge on any atom is -0.495 e. The van der Waals surface area contributed by atoms with Crippen molar-refractivity contribution >= 4 is 17.3 Å². The molecule has 0 radical (unpaired) electrons. The fourth-order valence-corrected chi connectivity index (χ4v) is 2.40. The molecule has 1 N–H and O–H groups in total. The van der Waals surface area contributed by atoms with Crippen LogP contribution in [0.4, 0.5) is 11.5 Å². The van der Waals surface area contributed by atoms with E-state index in [4.69, 9.17) is 4.74 Å². The van der Waals surface area contributed by atoms with Gasteiger partial charge in [0.1, 0.15) is 17.9 Å². The molecule has 0 saturated carbocycles. The molecular weight excluding hydrogens is 306 g/mol. The van der Waals surface area contributed by atoms with E-state index < -0.39 is 0 Å². The number of anilines is 2. The number of rotatable bonds is 5. The highest BCUT2D eigenvalue weighted by Gasteiger charge is 2.13. The molecule has 0 amide bonds. The van der Waals surface area contributed by atoms with Crippen LogP contribution in [0, 0.1) is 6.92 Å². The van der Waals surface area contributed by atoms with Crippen molar-refractivity contribution in [2.75, 3.05) is 12.4 Å². The van der Waals surface area contributed by atoms with Gasteiger partial charge in [-0.2, -0.15) is 5.10 Å². The first-order valence-corrected chi connectivity index (χ1v) is 7.38. The average molecular weight is 323 g/mol. The number of benzene rings is 1. The molecule has 0 spiro atoms. The normalized spacial score (nSPS) is 10.5. The van der Waals surface area contributed by atoms with Crippen LogP contribution >= 0.6 is 0 Å². The van der Waals surface area contributed by atoms with E-state index in [9.17, 15) is 4.79 Å². The summed E-state index contributed by atoms with van der Waals surface area (Å²) in [5.74, 6) is 1.86. The second kappa shape index (κ2) is 6.49. The number of nitrogens with zero attached hydrogens (tertiary/aromatic N) is 4. The van der Waals surface area contributed by atoms with Crippen molar-refractivity contribution in [3.63, 3.8) is 0 Å². The lowest BCUT2D eigenvalue weighted by atomic mass is 10.2. The highest BCUT2D eigenvalue weighted by atomic mass is 16.5. The van der Waals surface area contributed by atoms with Crippen LogP contribution in [-0.2, 0) is 0 Å². The predicted molar refractivity (Wildman–Crippen MR) is 90.2 cm³/mol. The molecule has 0 aliphatic heterocycles. The zero-order valence-electron chi connectivity index (χ0n) is 13.6. The van der Waals surface area contributed by atoms with Crippen LogP contribution in [0.5, 0.6) is 5.75 Å². The van der Waals surface area contributed by atoms with Gasteiger partial charge >= 0.3 is 0 Å². The van der Waals surface area contributed by atoms with Crippen LogP contribution in [0.25, 0.3) is 5.82 Å². The third-order valence-electron chi connectivity index (χ3n) is 3.63. The van der Waals surface area contributed by atoms with E-state index in [2.05, 4.69) is 20.4 Å². The van der Waals surface area contributed by atoms with Gasteiger partial charge in [-0.05, 0) is 26.0 Å². The Morgan fingerprint density at radius 2 is 2.04 bits per heavy atom. The summed E-state index contributed by atoms with van der Waals surface area (Å²) in [5, 5.41) is 7.44. The lowest BCUT2D eigenvalue weighted by Gasteiger charge is -2.11. The van der Waals surface area contributed by atoms with E-state index in [1.807, 2.05) is 31.2 Å². The highest BCUT2D eigenvalue weighted by molar-refractivity contribution is 5.95. The predicted octanol–water partition coefficient (Wildman–Crippen LogP) is 2.93. The van der Waals surface area contributed by atoms with Crippen molar-refractivity contribution < 1.29 is 9.53 Å². The molecule has 0 saturated heterocycles. The quantitative estimate of drug-likeness (QED) is 0.727. The molecule has 3 rings (SSSR count). The zero-order valence-corrected chi connectivity index (χ0v) is 13.6. The number of hydrogen-bond acceptors (Lipinski definition) is 6. The van der Waals surface area contributed by atoms with Gasteiger partial charge in [-0.1, -0.05) is 12.1 Å². The largest absolute Gasteiger partial charge is 0.495 e. The molecule has 0 fully saturated rings. The first-order valence-electron chi connectivity index (χ1n) is 7.38. The van der Waals surface area contributed by atoms with Crippen molar-refractivity contribution in [3.8, 4) is 11.6 Å². The Balaban J connectivity index is 1.94. The molecular formula is C17H17N5O2. The monoisotopic (exact) mass is 323 g/mol. The van der Waals surface area contributed by atoms with E-state index in [0.717, 1.165) is 11.4 Å². The smallest absolute Gasteiger partial charge is 0.163 e. The first-order chi connectivity index (χ1) is 11.6. The number of ether oxygens (including phenoxy) is 1. The lowest BCUT2D eigenvalue weighted by molar-refractivity contribution is 0.101. The summed E-state index contributed by atoms with van der Waals surface area (Å²) in [5.41, 5.74) is 2.11. The summed E-state index contributed by atoms with van der Waals surface area (Å²) >= 11 is 0. The second-order valence-corrected chi connectivity index (χ2v) is 5.20. The van der Waals surface area contributed by atoms with Crippen molar-refractivity contribution in [1.82, 2.24) is 19.7 Å². The van der Waals surface area contributed by atoms with Gasteiger partial charge in [0.2, 0.25) is 0 Å². The minimum atomic E-state index is -0.0276. The van der Waals surface area contributed by atoms with Crippen molar-refractivity contribution in [3.05, 3.63) is 54.1 Å². The third kappa shape index (κ3) is 2.96. The standard InChI is InChI=1S/C17H17N5O2/c1-11-13(12(2)23)9-20-22(11)17-8-16(18-10-19-17)21-14-6-4-5-7-15(14)24-3/h4-10H,1-3H3,(H,18,19,21). The Bertz CT molecular complexity index is 888. The zero-order chi connectivity index (χ0) is 17.1. The second-order valence-electron chi connectivity index (χ2n) is 5.20. The summed E-state index contributed by atoms with van der Waals surface area (Å²) < 4.78 is 6.94. The Kier molecular flexibility index (Phi) is 4.24. The number of nitrogens with one attached hydrogen (secondary N) is 1. The molecule has 0 aliphatic carbocycles. The molecule has 1 aromatic carbocycles. The van der Waals surface area contributed by atoms with E-state index in [1.54, 1.807) is 24.1 Å². The van der Waals surface area contributed by atoms with Crippen LogP contribution in [0.2, 0.25) is 0 Å². The minimum absolute atomic E-state index is 0.0276. The van der Waals surface area contributed by atoms with Gasteiger partial charge in [0.25, 0.3) is 0 Å². The highest BCUT2D eigenvalue weighted by Crippen LogP contribution is 2.26. The molecule has 0 unspecified atom stereocenters. The van der Waals surface area contributed by atoms with Gasteiger partial charge in [0.05, 0.1) is 30.3 Å². The van der Waals surface area contributed by atoms with Crippen molar-refractivity contribution in [2.24, 2.45) is 0 Å². The van der Waals surface area contributed by atoms with Crippen LogP contribution in [0.3, 0.4) is 0 Å². The molecule has 7 nitrogen and oxygen atoms in total. The Labute approximate surface area is 139 Å². The number of aromatic nitrogens is 4. The lowest BCUT2D eigenvalue weighted by Crippen LogP contribution is -2.05. The maximum atomic E-state index is 11.6. The summed E-state index contributed by atoms with van der Waals surface area (Å²) in [7, 11) is 1.61. The molecule has 122 valence electrons. The fourth-order valence-electron chi connectivity index (χ4n) is 2.40. The van der Waals surface area contributed by atoms with Gasteiger partial charge in [-0.3, -0.25) is 4.79 Å². The summed E-state index contributed by atoms with van der Waals surface area (Å²) in [6.45, 7) is 3.35. The van der Waals surface area contributed by atoms with Crippen molar-refractivity contribution in [2.45, 2.75) is 13.8 Å². The van der Waals surface area contributed by atoms with Gasteiger partial charge in [0.15, 0.2) is 11.6 Å². The molecule has 0 aliphatic rings. The average Bonchev–Trinajstić information content (AvgIpc) is 2.97. The number of para-hydroxylation sites is 2. The molecule has 3 aromatic rings. The molecule has 0 atom stereocenters. The number of methoxy groups -OCH3 is 1. The van der Waals surface area contributed by atoms with Crippen LogP contribution in [-0.4, -0.2) is 32.6 Å². The molecule has 2 heterocycles. The maximum Gasteiger partial charge on any atom is 0.163 e. The van der Waals surface area contributed by atoms with E-state index >= 15 is 0 Å². The first kappa shape index (κ1) is 15.7. The molecule has 0 bridgehead atoms. The number of hydrogen-bond donors (Lipinski definition) is 1. The van der Waals surface area contributed by atoms with E-state index in [0.29, 0.717) is 22.9 Å². The Morgan fingerprint density at radius 3 is 2.75 bits per heavy atom. The van der Waals surface area contributed by atoms with E-state index in [-0.39, 0.29) is 5.78 Å². The van der Waals surface area contributed by atoms with Gasteiger partial charge < -0.3 is 10.1 Å². The van der Waals surface area contributed by atoms with Gasteiger partial charge in [-0.15, -0.1) is 0 Å². The summed E-state index contributed by atoms with van der Waals surface area (Å²) in [6.07, 6.45) is 2.99. The summed E-state index contributed by atoms with van der Waals surface area (Å²) in [6, 6.07) is 9.32. The summed E-state index contributed by atoms with van der Waals surface area (Å²) in [4.78, 5) is 20.0. The molecule has 7 heteroatoms. The SMILES string of the molecule is COc1ccccc1Nc1cc(-n2ncc(C(C)=O)c2C)ncn1. The van der Waals surface area contributed by atoms with Crippen LogP contribution < -0.4 is 10.1 Å². The van der Waals surface area contributed by atoms with Crippen LogP contribution in [0.1, 0.15) is 23.0 Å². The number of carbonyl (C=O) groups is 1. The molecule has 2 aromatic heterocycles.